The minimum absolute atomic E-state index is 0.131. The topological polar surface area (TPSA) is 29.1 Å². The van der Waals surface area contributed by atoms with Crippen LogP contribution in [0, 0.1) is 11.7 Å². The van der Waals surface area contributed by atoms with Crippen molar-refractivity contribution in [1.29, 1.82) is 0 Å². The van der Waals surface area contributed by atoms with E-state index in [4.69, 9.17) is 0 Å². The van der Waals surface area contributed by atoms with Gasteiger partial charge in [-0.2, -0.15) is 0 Å². The van der Waals surface area contributed by atoms with Gasteiger partial charge < -0.3 is 5.32 Å². The second-order valence-electron chi connectivity index (χ2n) is 6.23. The molecule has 0 saturated heterocycles. The van der Waals surface area contributed by atoms with E-state index < -0.39 is 0 Å². The van der Waals surface area contributed by atoms with Crippen molar-refractivity contribution < 1.29 is 9.18 Å². The van der Waals surface area contributed by atoms with E-state index in [0.717, 1.165) is 36.3 Å². The number of carbonyl (C=O) groups is 1. The number of anilines is 1. The van der Waals surface area contributed by atoms with E-state index in [-0.39, 0.29) is 17.6 Å². The van der Waals surface area contributed by atoms with Crippen LogP contribution in [-0.2, 0) is 10.5 Å². The summed E-state index contributed by atoms with van der Waals surface area (Å²) in [4.78, 5) is 13.4. The number of hydrogen-bond donors (Lipinski definition) is 1. The molecular formula is C20H22FNOS. The Hall–Kier alpha value is -1.81. The number of rotatable bonds is 5. The van der Waals surface area contributed by atoms with Gasteiger partial charge in [0.25, 0.3) is 0 Å². The van der Waals surface area contributed by atoms with Gasteiger partial charge in [-0.1, -0.05) is 43.5 Å². The highest BCUT2D eigenvalue weighted by Gasteiger charge is 2.21. The molecule has 1 aliphatic rings. The van der Waals surface area contributed by atoms with Gasteiger partial charge in [-0.25, -0.2) is 4.39 Å². The third-order valence-corrected chi connectivity index (χ3v) is 5.47. The number of amides is 1. The molecule has 3 rings (SSSR count). The Morgan fingerprint density at radius 3 is 2.67 bits per heavy atom. The zero-order chi connectivity index (χ0) is 16.8. The summed E-state index contributed by atoms with van der Waals surface area (Å²) in [5.41, 5.74) is 1.52. The van der Waals surface area contributed by atoms with E-state index in [0.29, 0.717) is 11.3 Å². The second-order valence-corrected chi connectivity index (χ2v) is 7.28. The Morgan fingerprint density at radius 1 is 1.08 bits per heavy atom. The highest BCUT2D eigenvalue weighted by atomic mass is 32.2. The van der Waals surface area contributed by atoms with Crippen molar-refractivity contribution in [3.8, 4) is 0 Å². The first-order valence-corrected chi connectivity index (χ1v) is 9.48. The van der Waals surface area contributed by atoms with Gasteiger partial charge in [0.2, 0.25) is 5.91 Å². The fourth-order valence-electron chi connectivity index (χ4n) is 3.05. The van der Waals surface area contributed by atoms with Gasteiger partial charge >= 0.3 is 0 Å². The van der Waals surface area contributed by atoms with Crippen LogP contribution in [0.25, 0.3) is 0 Å². The van der Waals surface area contributed by atoms with Gasteiger partial charge in [-0.3, -0.25) is 4.79 Å². The molecule has 1 N–H and O–H groups in total. The quantitative estimate of drug-likeness (QED) is 0.712. The van der Waals surface area contributed by atoms with Gasteiger partial charge in [-0.05, 0) is 42.7 Å². The summed E-state index contributed by atoms with van der Waals surface area (Å²) >= 11 is 1.57. The van der Waals surface area contributed by atoms with Gasteiger partial charge in [0.15, 0.2) is 0 Å². The number of carbonyl (C=O) groups excluding carboxylic acids is 1. The van der Waals surface area contributed by atoms with Crippen molar-refractivity contribution in [2.24, 2.45) is 5.92 Å². The molecule has 1 saturated carbocycles. The fourth-order valence-corrected chi connectivity index (χ4v) is 3.99. The van der Waals surface area contributed by atoms with Gasteiger partial charge in [0.1, 0.15) is 5.82 Å². The summed E-state index contributed by atoms with van der Waals surface area (Å²) < 4.78 is 13.7. The Balaban J connectivity index is 1.59. The predicted molar refractivity (Wildman–Crippen MR) is 97.6 cm³/mol. The SMILES string of the molecule is O=C(Nc1cccc(SCc2ccccc2F)c1)C1CCCCC1. The molecule has 0 unspecified atom stereocenters. The molecule has 126 valence electrons. The van der Waals surface area contributed by atoms with Crippen LogP contribution in [0.1, 0.15) is 37.7 Å². The van der Waals surface area contributed by atoms with Crippen molar-refractivity contribution in [2.75, 3.05) is 5.32 Å². The lowest BCUT2D eigenvalue weighted by molar-refractivity contribution is -0.120. The minimum atomic E-state index is -0.174. The lowest BCUT2D eigenvalue weighted by atomic mass is 9.88. The van der Waals surface area contributed by atoms with Crippen molar-refractivity contribution in [1.82, 2.24) is 0 Å². The molecule has 0 bridgehead atoms. The zero-order valence-corrected chi connectivity index (χ0v) is 14.4. The van der Waals surface area contributed by atoms with Crippen LogP contribution >= 0.6 is 11.8 Å². The summed E-state index contributed by atoms with van der Waals surface area (Å²) in [5.74, 6) is 0.679. The minimum Gasteiger partial charge on any atom is -0.326 e. The number of halogens is 1. The maximum absolute atomic E-state index is 13.7. The van der Waals surface area contributed by atoms with Crippen LogP contribution in [-0.4, -0.2) is 5.91 Å². The summed E-state index contributed by atoms with van der Waals surface area (Å²) in [5, 5.41) is 3.04. The Bertz CT molecular complexity index is 698. The largest absolute Gasteiger partial charge is 0.326 e. The molecule has 0 heterocycles. The normalized spacial score (nSPS) is 15.2. The first-order chi connectivity index (χ1) is 11.7. The van der Waals surface area contributed by atoms with Crippen LogP contribution in [0.5, 0.6) is 0 Å². The number of thioether (sulfide) groups is 1. The Morgan fingerprint density at radius 2 is 1.88 bits per heavy atom. The second kappa shape index (κ2) is 8.34. The zero-order valence-electron chi connectivity index (χ0n) is 13.6. The molecule has 0 atom stereocenters. The summed E-state index contributed by atoms with van der Waals surface area (Å²) in [7, 11) is 0. The number of benzene rings is 2. The molecule has 0 aromatic heterocycles. The van der Waals surface area contributed by atoms with E-state index in [2.05, 4.69) is 5.32 Å². The van der Waals surface area contributed by atoms with Crippen LogP contribution in [0.2, 0.25) is 0 Å². The van der Waals surface area contributed by atoms with E-state index >= 15 is 0 Å². The molecule has 2 aromatic rings. The van der Waals surface area contributed by atoms with Crippen molar-refractivity contribution in [2.45, 2.75) is 42.8 Å². The van der Waals surface area contributed by atoms with Gasteiger partial charge in [-0.15, -0.1) is 11.8 Å². The van der Waals surface area contributed by atoms with Crippen molar-refractivity contribution >= 4 is 23.4 Å². The van der Waals surface area contributed by atoms with Gasteiger partial charge in [0, 0.05) is 22.3 Å². The van der Waals surface area contributed by atoms with E-state index in [9.17, 15) is 9.18 Å². The predicted octanol–water partition coefficient (Wildman–Crippen LogP) is 5.64. The molecule has 4 heteroatoms. The third kappa shape index (κ3) is 4.60. The van der Waals surface area contributed by atoms with E-state index in [1.807, 2.05) is 30.3 Å². The molecule has 2 aromatic carbocycles. The number of nitrogens with one attached hydrogen (secondary N) is 1. The first kappa shape index (κ1) is 17.0. The van der Waals surface area contributed by atoms with Crippen LogP contribution < -0.4 is 5.32 Å². The maximum Gasteiger partial charge on any atom is 0.227 e. The molecule has 0 radical (unpaired) electrons. The molecule has 1 fully saturated rings. The van der Waals surface area contributed by atoms with Crippen molar-refractivity contribution in [3.05, 3.63) is 59.9 Å². The highest BCUT2D eigenvalue weighted by molar-refractivity contribution is 7.98. The first-order valence-electron chi connectivity index (χ1n) is 8.49. The van der Waals surface area contributed by atoms with Crippen LogP contribution in [0.3, 0.4) is 0 Å². The number of hydrogen-bond acceptors (Lipinski definition) is 2. The molecule has 24 heavy (non-hydrogen) atoms. The summed E-state index contributed by atoms with van der Waals surface area (Å²) in [6, 6.07) is 14.6. The third-order valence-electron chi connectivity index (χ3n) is 4.43. The smallest absolute Gasteiger partial charge is 0.227 e. The van der Waals surface area contributed by atoms with E-state index in [1.165, 1.54) is 12.5 Å². The fraction of sp³-hybridized carbons (Fsp3) is 0.350. The molecular weight excluding hydrogens is 321 g/mol. The van der Waals surface area contributed by atoms with Gasteiger partial charge in [0.05, 0.1) is 0 Å². The molecule has 2 nitrogen and oxygen atoms in total. The molecule has 0 aliphatic heterocycles. The average molecular weight is 343 g/mol. The Labute approximate surface area is 146 Å². The van der Waals surface area contributed by atoms with Crippen LogP contribution in [0.4, 0.5) is 10.1 Å². The summed E-state index contributed by atoms with van der Waals surface area (Å²) in [6.07, 6.45) is 5.53. The average Bonchev–Trinajstić information content (AvgIpc) is 2.62. The standard InChI is InChI=1S/C20H22FNOS/c21-19-12-5-4-9-16(19)14-24-18-11-6-10-17(13-18)22-20(23)15-7-2-1-3-8-15/h4-6,9-13,15H,1-3,7-8,14H2,(H,22,23). The lowest BCUT2D eigenvalue weighted by Crippen LogP contribution is -2.24. The molecule has 1 aliphatic carbocycles. The van der Waals surface area contributed by atoms with Crippen LogP contribution in [0.15, 0.2) is 53.4 Å². The van der Waals surface area contributed by atoms with Crippen molar-refractivity contribution in [3.63, 3.8) is 0 Å². The maximum atomic E-state index is 13.7. The monoisotopic (exact) mass is 343 g/mol. The summed E-state index contributed by atoms with van der Waals surface area (Å²) in [6.45, 7) is 0. The molecule has 1 amide bonds. The highest BCUT2D eigenvalue weighted by Crippen LogP contribution is 2.28. The Kier molecular flexibility index (Phi) is 5.91. The lowest BCUT2D eigenvalue weighted by Gasteiger charge is -2.20. The molecule has 0 spiro atoms. The van der Waals surface area contributed by atoms with E-state index in [1.54, 1.807) is 23.9 Å².